The van der Waals surface area contributed by atoms with E-state index in [1.54, 1.807) is 0 Å². The summed E-state index contributed by atoms with van der Waals surface area (Å²) in [5, 5.41) is 12.0. The molecule has 2 aliphatic rings. The maximum atomic E-state index is 12.4. The van der Waals surface area contributed by atoms with E-state index in [4.69, 9.17) is 5.11 Å². The number of likely N-dealkylation sites (tertiary alicyclic amines) is 1. The van der Waals surface area contributed by atoms with Gasteiger partial charge in [-0.05, 0) is 45.6 Å². The smallest absolute Gasteiger partial charge is 0.317 e. The van der Waals surface area contributed by atoms with Crippen molar-refractivity contribution >= 4 is 11.9 Å². The molecule has 0 radical (unpaired) electrons. The molecule has 1 atom stereocenters. The predicted molar refractivity (Wildman–Crippen MR) is 93.9 cm³/mol. The van der Waals surface area contributed by atoms with Crippen molar-refractivity contribution in [1.82, 2.24) is 15.1 Å². The molecule has 138 valence electrons. The van der Waals surface area contributed by atoms with Crippen molar-refractivity contribution in [1.29, 1.82) is 0 Å². The number of hydrogen-bond acceptors (Lipinski definition) is 4. The average Bonchev–Trinajstić information content (AvgIpc) is 2.59. The number of amides is 1. The van der Waals surface area contributed by atoms with Crippen LogP contribution in [0.2, 0.25) is 0 Å². The fourth-order valence-electron chi connectivity index (χ4n) is 4.01. The summed E-state index contributed by atoms with van der Waals surface area (Å²) in [5.41, 5.74) is 0. The van der Waals surface area contributed by atoms with Crippen molar-refractivity contribution in [3.8, 4) is 0 Å². The normalized spacial score (nSPS) is 22.5. The van der Waals surface area contributed by atoms with Crippen LogP contribution >= 0.6 is 0 Å². The molecule has 2 N–H and O–H groups in total. The van der Waals surface area contributed by atoms with E-state index in [2.05, 4.69) is 10.2 Å². The fraction of sp³-hybridized carbons (Fsp3) is 0.889. The molecule has 2 rings (SSSR count). The molecular weight excluding hydrogens is 306 g/mol. The van der Waals surface area contributed by atoms with Gasteiger partial charge >= 0.3 is 5.97 Å². The third-order valence-electron chi connectivity index (χ3n) is 5.72. The van der Waals surface area contributed by atoms with Crippen LogP contribution in [-0.2, 0) is 9.59 Å². The minimum atomic E-state index is -0.782. The Hall–Kier alpha value is -1.14. The molecule has 0 aromatic rings. The molecular formula is C18H33N3O3. The minimum Gasteiger partial charge on any atom is -0.480 e. The lowest BCUT2D eigenvalue weighted by molar-refractivity contribution is -0.138. The zero-order valence-electron chi connectivity index (χ0n) is 15.2. The topological polar surface area (TPSA) is 72.9 Å². The minimum absolute atomic E-state index is 0.0854. The van der Waals surface area contributed by atoms with Gasteiger partial charge < -0.3 is 10.4 Å². The van der Waals surface area contributed by atoms with Crippen molar-refractivity contribution in [3.63, 3.8) is 0 Å². The second kappa shape index (κ2) is 9.37. The van der Waals surface area contributed by atoms with Crippen molar-refractivity contribution in [2.75, 3.05) is 33.2 Å². The summed E-state index contributed by atoms with van der Waals surface area (Å²) in [6.07, 6.45) is 8.27. The number of nitrogens with one attached hydrogen (secondary N) is 1. The van der Waals surface area contributed by atoms with Crippen LogP contribution in [0.25, 0.3) is 0 Å². The molecule has 1 aliphatic heterocycles. The molecule has 0 aromatic heterocycles. The number of nitrogens with zero attached hydrogens (tertiary/aromatic N) is 2. The molecule has 1 aliphatic carbocycles. The molecule has 1 saturated heterocycles. The van der Waals surface area contributed by atoms with Gasteiger partial charge in [0.25, 0.3) is 0 Å². The Morgan fingerprint density at radius 3 is 2.38 bits per heavy atom. The molecule has 24 heavy (non-hydrogen) atoms. The summed E-state index contributed by atoms with van der Waals surface area (Å²) in [6.45, 7) is 4.60. The number of carboxylic acids is 1. The van der Waals surface area contributed by atoms with Crippen LogP contribution in [0, 0.1) is 5.92 Å². The number of aliphatic carboxylic acids is 1. The fourth-order valence-corrected chi connectivity index (χ4v) is 4.01. The highest BCUT2D eigenvalue weighted by Crippen LogP contribution is 2.23. The van der Waals surface area contributed by atoms with Crippen LogP contribution in [0.4, 0.5) is 0 Å². The summed E-state index contributed by atoms with van der Waals surface area (Å²) >= 11 is 0. The third kappa shape index (κ3) is 5.74. The Kier molecular flexibility index (Phi) is 7.49. The summed E-state index contributed by atoms with van der Waals surface area (Å²) in [4.78, 5) is 27.4. The zero-order valence-corrected chi connectivity index (χ0v) is 15.2. The molecule has 1 unspecified atom stereocenters. The van der Waals surface area contributed by atoms with Gasteiger partial charge in [-0.15, -0.1) is 0 Å². The Labute approximate surface area is 145 Å². The van der Waals surface area contributed by atoms with Crippen LogP contribution in [0.5, 0.6) is 0 Å². The first-order valence-corrected chi connectivity index (χ1v) is 9.41. The molecule has 6 nitrogen and oxygen atoms in total. The number of piperidine rings is 1. The van der Waals surface area contributed by atoms with Gasteiger partial charge in [0.15, 0.2) is 0 Å². The Morgan fingerprint density at radius 1 is 1.17 bits per heavy atom. The Bertz CT molecular complexity index is 416. The molecule has 1 saturated carbocycles. The molecule has 2 fully saturated rings. The lowest BCUT2D eigenvalue weighted by Gasteiger charge is -2.38. The monoisotopic (exact) mass is 339 g/mol. The first-order valence-electron chi connectivity index (χ1n) is 9.41. The van der Waals surface area contributed by atoms with Crippen molar-refractivity contribution in [3.05, 3.63) is 0 Å². The number of carbonyl (C=O) groups excluding carboxylic acids is 1. The van der Waals surface area contributed by atoms with Gasteiger partial charge in [-0.25, -0.2) is 0 Å². The lowest BCUT2D eigenvalue weighted by atomic mass is 9.89. The van der Waals surface area contributed by atoms with Crippen molar-refractivity contribution in [2.45, 2.75) is 64.0 Å². The third-order valence-corrected chi connectivity index (χ3v) is 5.72. The van der Waals surface area contributed by atoms with Crippen LogP contribution in [0.1, 0.15) is 51.9 Å². The number of hydrogen-bond donors (Lipinski definition) is 2. The SMILES string of the molecule is CC(C(=O)NCC1CCCCC1)N1CCC(N(C)CC(=O)O)CC1. The largest absolute Gasteiger partial charge is 0.480 e. The molecule has 0 spiro atoms. The second-order valence-corrected chi connectivity index (χ2v) is 7.50. The van der Waals surface area contributed by atoms with Gasteiger partial charge in [0, 0.05) is 25.7 Å². The molecule has 1 amide bonds. The highest BCUT2D eigenvalue weighted by molar-refractivity contribution is 5.81. The van der Waals surface area contributed by atoms with Crippen LogP contribution in [0.15, 0.2) is 0 Å². The van der Waals surface area contributed by atoms with E-state index >= 15 is 0 Å². The van der Waals surface area contributed by atoms with E-state index < -0.39 is 5.97 Å². The highest BCUT2D eigenvalue weighted by Gasteiger charge is 2.29. The molecule has 1 heterocycles. The summed E-state index contributed by atoms with van der Waals surface area (Å²) < 4.78 is 0. The zero-order chi connectivity index (χ0) is 17.5. The van der Waals surface area contributed by atoms with E-state index in [0.717, 1.165) is 32.5 Å². The highest BCUT2D eigenvalue weighted by atomic mass is 16.4. The van der Waals surface area contributed by atoms with E-state index in [9.17, 15) is 9.59 Å². The maximum Gasteiger partial charge on any atom is 0.317 e. The first-order chi connectivity index (χ1) is 11.5. The predicted octanol–water partition coefficient (Wildman–Crippen LogP) is 1.55. The van der Waals surface area contributed by atoms with Crippen LogP contribution < -0.4 is 5.32 Å². The van der Waals surface area contributed by atoms with Gasteiger partial charge in [-0.1, -0.05) is 19.3 Å². The van der Waals surface area contributed by atoms with Crippen LogP contribution in [0.3, 0.4) is 0 Å². The maximum absolute atomic E-state index is 12.4. The lowest BCUT2D eigenvalue weighted by Crippen LogP contribution is -2.52. The number of rotatable bonds is 7. The van der Waals surface area contributed by atoms with E-state index in [1.807, 2.05) is 18.9 Å². The van der Waals surface area contributed by atoms with Crippen molar-refractivity contribution in [2.24, 2.45) is 5.92 Å². The first kappa shape index (κ1) is 19.2. The van der Waals surface area contributed by atoms with E-state index in [-0.39, 0.29) is 18.5 Å². The Balaban J connectivity index is 1.70. The van der Waals surface area contributed by atoms with E-state index in [0.29, 0.717) is 12.0 Å². The molecule has 0 bridgehead atoms. The molecule has 6 heteroatoms. The Morgan fingerprint density at radius 2 is 1.79 bits per heavy atom. The van der Waals surface area contributed by atoms with Gasteiger partial charge in [-0.3, -0.25) is 19.4 Å². The quantitative estimate of drug-likeness (QED) is 0.736. The average molecular weight is 339 g/mol. The second-order valence-electron chi connectivity index (χ2n) is 7.50. The molecule has 0 aromatic carbocycles. The van der Waals surface area contributed by atoms with Crippen LogP contribution in [-0.4, -0.2) is 72.1 Å². The van der Waals surface area contributed by atoms with Gasteiger partial charge in [-0.2, -0.15) is 0 Å². The van der Waals surface area contributed by atoms with E-state index in [1.165, 1.54) is 32.1 Å². The summed E-state index contributed by atoms with van der Waals surface area (Å²) in [5.74, 6) is 0.0126. The number of carbonyl (C=O) groups is 2. The van der Waals surface area contributed by atoms with Gasteiger partial charge in [0.2, 0.25) is 5.91 Å². The summed E-state index contributed by atoms with van der Waals surface area (Å²) in [6, 6.07) is 0.203. The number of likely N-dealkylation sites (N-methyl/N-ethyl adjacent to an activating group) is 1. The van der Waals surface area contributed by atoms with Gasteiger partial charge in [0.1, 0.15) is 0 Å². The van der Waals surface area contributed by atoms with Gasteiger partial charge in [0.05, 0.1) is 12.6 Å². The number of carboxylic acid groups (broad SMARTS) is 1. The van der Waals surface area contributed by atoms with Crippen molar-refractivity contribution < 1.29 is 14.7 Å². The standard InChI is InChI=1S/C18H33N3O3/c1-14(18(24)19-12-15-6-4-3-5-7-15)21-10-8-16(9-11-21)20(2)13-17(22)23/h14-16H,3-13H2,1-2H3,(H,19,24)(H,22,23). The summed E-state index contributed by atoms with van der Waals surface area (Å²) in [7, 11) is 1.87.